The van der Waals surface area contributed by atoms with Gasteiger partial charge in [0.25, 0.3) is 0 Å². The third-order valence-electron chi connectivity index (χ3n) is 1.56. The van der Waals surface area contributed by atoms with E-state index in [1.807, 2.05) is 12.2 Å². The second-order valence-corrected chi connectivity index (χ2v) is 2.62. The summed E-state index contributed by atoms with van der Waals surface area (Å²) in [4.78, 5) is 3.88. The van der Waals surface area contributed by atoms with E-state index in [4.69, 9.17) is 5.26 Å². The second-order valence-electron chi connectivity index (χ2n) is 2.62. The maximum Gasteiger partial charge on any atom is 0.100 e. The van der Waals surface area contributed by atoms with Gasteiger partial charge in [0.05, 0.1) is 0 Å². The predicted molar refractivity (Wildman–Crippen MR) is 46.5 cm³/mol. The van der Waals surface area contributed by atoms with E-state index in [2.05, 4.69) is 11.8 Å². The summed E-state index contributed by atoms with van der Waals surface area (Å²) in [6.07, 6.45) is 10.1. The maximum absolute atomic E-state index is 7.96. The fraction of sp³-hybridized carbons (Fsp3) is 0.778. The first-order chi connectivity index (χ1) is 5.41. The van der Waals surface area contributed by atoms with Gasteiger partial charge in [0.2, 0.25) is 0 Å². The minimum absolute atomic E-state index is 0.313. The molecule has 0 aliphatic carbocycles. The van der Waals surface area contributed by atoms with Crippen LogP contribution in [0.25, 0.3) is 0 Å². The summed E-state index contributed by atoms with van der Waals surface area (Å²) in [5.74, 6) is 0. The Bertz CT molecular complexity index is 89.6. The molecule has 0 unspecified atom stereocenters. The minimum Gasteiger partial charge on any atom is -0.252 e. The Morgan fingerprint density at radius 2 is 2.00 bits per heavy atom. The lowest BCUT2D eigenvalue weighted by molar-refractivity contribution is -0.231. The zero-order valence-electron chi connectivity index (χ0n) is 7.25. The van der Waals surface area contributed by atoms with Crippen molar-refractivity contribution in [3.05, 3.63) is 12.2 Å². The molecule has 0 aromatic rings. The average Bonchev–Trinajstić information content (AvgIpc) is 2.03. The first-order valence-corrected chi connectivity index (χ1v) is 4.33. The summed E-state index contributed by atoms with van der Waals surface area (Å²) >= 11 is 0. The van der Waals surface area contributed by atoms with Crippen molar-refractivity contribution in [1.29, 1.82) is 0 Å². The van der Waals surface area contributed by atoms with Crippen LogP contribution in [0.1, 0.15) is 39.0 Å². The first kappa shape index (κ1) is 10.7. The van der Waals surface area contributed by atoms with Crippen LogP contribution in [0.5, 0.6) is 0 Å². The van der Waals surface area contributed by atoms with Crippen molar-refractivity contribution >= 4 is 0 Å². The van der Waals surface area contributed by atoms with Crippen LogP contribution in [0.2, 0.25) is 0 Å². The lowest BCUT2D eigenvalue weighted by Crippen LogP contribution is -1.81. The van der Waals surface area contributed by atoms with Crippen molar-refractivity contribution < 1.29 is 10.1 Å². The maximum atomic E-state index is 7.96. The van der Waals surface area contributed by atoms with Crippen molar-refractivity contribution in [2.45, 2.75) is 39.0 Å². The van der Waals surface area contributed by atoms with Gasteiger partial charge in [0.1, 0.15) is 6.61 Å². The van der Waals surface area contributed by atoms with Crippen LogP contribution < -0.4 is 0 Å². The van der Waals surface area contributed by atoms with E-state index in [0.29, 0.717) is 6.61 Å². The molecule has 0 radical (unpaired) electrons. The molecule has 2 nitrogen and oxygen atoms in total. The van der Waals surface area contributed by atoms with Crippen LogP contribution in [0.3, 0.4) is 0 Å². The Morgan fingerprint density at radius 3 is 2.64 bits per heavy atom. The van der Waals surface area contributed by atoms with Gasteiger partial charge in [-0.15, -0.1) is 0 Å². The Kier molecular flexibility index (Phi) is 9.36. The molecule has 66 valence electrons. The Hall–Kier alpha value is -0.340. The van der Waals surface area contributed by atoms with Crippen molar-refractivity contribution in [2.75, 3.05) is 6.61 Å². The molecule has 0 spiro atoms. The molecule has 0 aliphatic heterocycles. The molecule has 0 bridgehead atoms. The molecule has 0 saturated carbocycles. The number of hydrogen-bond acceptors (Lipinski definition) is 2. The fourth-order valence-electron chi connectivity index (χ4n) is 0.918. The van der Waals surface area contributed by atoms with Crippen molar-refractivity contribution in [3.63, 3.8) is 0 Å². The van der Waals surface area contributed by atoms with Crippen molar-refractivity contribution in [1.82, 2.24) is 0 Å². The molecule has 0 atom stereocenters. The van der Waals surface area contributed by atoms with E-state index in [9.17, 15) is 0 Å². The lowest BCUT2D eigenvalue weighted by Gasteiger charge is -1.93. The van der Waals surface area contributed by atoms with E-state index < -0.39 is 0 Å². The summed E-state index contributed by atoms with van der Waals surface area (Å²) < 4.78 is 0. The van der Waals surface area contributed by atoms with E-state index in [0.717, 1.165) is 6.42 Å². The fourth-order valence-corrected chi connectivity index (χ4v) is 0.918. The highest BCUT2D eigenvalue weighted by atomic mass is 17.1. The molecule has 0 rings (SSSR count). The van der Waals surface area contributed by atoms with Gasteiger partial charge in [0, 0.05) is 0 Å². The Labute approximate surface area is 68.8 Å². The summed E-state index contributed by atoms with van der Waals surface area (Å²) in [7, 11) is 0. The predicted octanol–water partition coefficient (Wildman–Crippen LogP) is 3.00. The van der Waals surface area contributed by atoms with Crippen LogP contribution >= 0.6 is 0 Å². The average molecular weight is 158 g/mol. The summed E-state index contributed by atoms with van der Waals surface area (Å²) in [5, 5.41) is 7.96. The Balaban J connectivity index is 2.89. The normalized spacial score (nSPS) is 11.1. The zero-order chi connectivity index (χ0) is 8.36. The second kappa shape index (κ2) is 9.66. The first-order valence-electron chi connectivity index (χ1n) is 4.33. The Morgan fingerprint density at radius 1 is 1.18 bits per heavy atom. The van der Waals surface area contributed by atoms with Crippen LogP contribution in [-0.4, -0.2) is 11.9 Å². The third-order valence-corrected chi connectivity index (χ3v) is 1.56. The molecule has 0 saturated heterocycles. The van der Waals surface area contributed by atoms with E-state index in [-0.39, 0.29) is 0 Å². The molecular formula is C9H18O2. The summed E-state index contributed by atoms with van der Waals surface area (Å²) in [6.45, 7) is 2.52. The lowest BCUT2D eigenvalue weighted by atomic mass is 10.1. The van der Waals surface area contributed by atoms with Gasteiger partial charge < -0.3 is 0 Å². The van der Waals surface area contributed by atoms with Crippen molar-refractivity contribution in [2.24, 2.45) is 0 Å². The zero-order valence-corrected chi connectivity index (χ0v) is 7.25. The highest BCUT2D eigenvalue weighted by Crippen LogP contribution is 2.02. The highest BCUT2D eigenvalue weighted by molar-refractivity contribution is 4.80. The van der Waals surface area contributed by atoms with E-state index in [1.54, 1.807) is 0 Å². The van der Waals surface area contributed by atoms with Crippen LogP contribution in [0.15, 0.2) is 12.2 Å². The number of unbranched alkanes of at least 4 members (excludes halogenated alkanes) is 4. The van der Waals surface area contributed by atoms with Gasteiger partial charge in [-0.1, -0.05) is 38.3 Å². The van der Waals surface area contributed by atoms with Gasteiger partial charge in [-0.2, -0.15) is 0 Å². The molecule has 0 aromatic heterocycles. The molecule has 0 aromatic carbocycles. The number of rotatable bonds is 7. The molecule has 1 N–H and O–H groups in total. The van der Waals surface area contributed by atoms with Crippen molar-refractivity contribution in [3.8, 4) is 0 Å². The van der Waals surface area contributed by atoms with Gasteiger partial charge >= 0.3 is 0 Å². The molecular weight excluding hydrogens is 140 g/mol. The molecule has 0 aliphatic rings. The number of allylic oxidation sites excluding steroid dienone is 1. The molecule has 0 fully saturated rings. The molecule has 11 heavy (non-hydrogen) atoms. The molecule has 0 amide bonds. The molecule has 2 heteroatoms. The van der Waals surface area contributed by atoms with Crippen LogP contribution in [0, 0.1) is 0 Å². The number of hydrogen-bond donors (Lipinski definition) is 1. The SMILES string of the molecule is CCCCCCC=CCOO. The third kappa shape index (κ3) is 9.66. The standard InChI is InChI=1S/C9H18O2/c1-2-3-4-5-6-7-8-9-11-10/h7-8,10H,2-6,9H2,1H3. The smallest absolute Gasteiger partial charge is 0.100 e. The van der Waals surface area contributed by atoms with Crippen LogP contribution in [0.4, 0.5) is 0 Å². The highest BCUT2D eigenvalue weighted by Gasteiger charge is 1.83. The summed E-state index contributed by atoms with van der Waals surface area (Å²) in [5.41, 5.74) is 0. The van der Waals surface area contributed by atoms with Crippen LogP contribution in [-0.2, 0) is 4.89 Å². The monoisotopic (exact) mass is 158 g/mol. The van der Waals surface area contributed by atoms with E-state index in [1.165, 1.54) is 25.7 Å². The summed E-state index contributed by atoms with van der Waals surface area (Å²) in [6, 6.07) is 0. The van der Waals surface area contributed by atoms with Gasteiger partial charge in [-0.25, -0.2) is 4.89 Å². The quantitative estimate of drug-likeness (QED) is 0.267. The largest absolute Gasteiger partial charge is 0.252 e. The van der Waals surface area contributed by atoms with Gasteiger partial charge in [-0.05, 0) is 12.8 Å². The molecule has 0 heterocycles. The van der Waals surface area contributed by atoms with Gasteiger partial charge in [-0.3, -0.25) is 5.26 Å². The minimum atomic E-state index is 0.313. The van der Waals surface area contributed by atoms with E-state index >= 15 is 0 Å². The van der Waals surface area contributed by atoms with Gasteiger partial charge in [0.15, 0.2) is 0 Å². The topological polar surface area (TPSA) is 29.5 Å².